The molecule has 0 radical (unpaired) electrons. The highest BCUT2D eigenvalue weighted by molar-refractivity contribution is 5.78. The number of rotatable bonds is 3. The fraction of sp³-hybridized carbons (Fsp3) is 0.200. The van der Waals surface area contributed by atoms with Crippen molar-refractivity contribution in [1.82, 2.24) is 0 Å². The Kier molecular flexibility index (Phi) is 3.42. The fourth-order valence-corrected chi connectivity index (χ4v) is 1.88. The smallest absolute Gasteiger partial charge is 0.123 e. The van der Waals surface area contributed by atoms with Crippen LogP contribution in [0.25, 0.3) is 11.1 Å². The molecule has 0 bridgehead atoms. The van der Waals surface area contributed by atoms with Gasteiger partial charge in [0.1, 0.15) is 11.5 Å². The van der Waals surface area contributed by atoms with Crippen LogP contribution in [-0.2, 0) is 0 Å². The predicted octanol–water partition coefficient (Wildman–Crippen LogP) is 3.26. The summed E-state index contributed by atoms with van der Waals surface area (Å²) in [5.74, 6) is 1.51. The van der Waals surface area contributed by atoms with E-state index in [1.165, 1.54) is 5.56 Å². The summed E-state index contributed by atoms with van der Waals surface area (Å²) >= 11 is 0. The molecule has 2 rings (SSSR count). The Balaban J connectivity index is 2.58. The van der Waals surface area contributed by atoms with Crippen LogP contribution in [0.3, 0.4) is 0 Å². The first-order valence-electron chi connectivity index (χ1n) is 5.73. The molecule has 18 heavy (non-hydrogen) atoms. The van der Waals surface area contributed by atoms with Gasteiger partial charge in [-0.25, -0.2) is 0 Å². The zero-order valence-electron chi connectivity index (χ0n) is 10.9. The van der Waals surface area contributed by atoms with Crippen molar-refractivity contribution in [3.8, 4) is 22.6 Å². The summed E-state index contributed by atoms with van der Waals surface area (Å²) in [5, 5.41) is 0. The summed E-state index contributed by atoms with van der Waals surface area (Å²) in [6.45, 7) is 2.04. The Morgan fingerprint density at radius 3 is 2.06 bits per heavy atom. The Morgan fingerprint density at radius 2 is 1.50 bits per heavy atom. The van der Waals surface area contributed by atoms with E-state index in [0.717, 1.165) is 28.3 Å². The molecule has 0 aromatic heterocycles. The number of nitrogen functional groups attached to an aromatic ring is 1. The second-order valence-corrected chi connectivity index (χ2v) is 4.19. The van der Waals surface area contributed by atoms with Crippen LogP contribution in [0.15, 0.2) is 36.4 Å². The van der Waals surface area contributed by atoms with Crippen molar-refractivity contribution < 1.29 is 9.47 Å². The van der Waals surface area contributed by atoms with Crippen LogP contribution < -0.4 is 15.2 Å². The minimum absolute atomic E-state index is 0.746. The molecule has 0 aliphatic carbocycles. The molecule has 0 aliphatic rings. The molecule has 0 spiro atoms. The lowest BCUT2D eigenvalue weighted by Crippen LogP contribution is -1.93. The van der Waals surface area contributed by atoms with Gasteiger partial charge < -0.3 is 15.2 Å². The molecular formula is C15H17NO2. The van der Waals surface area contributed by atoms with Gasteiger partial charge in [-0.15, -0.1) is 0 Å². The summed E-state index contributed by atoms with van der Waals surface area (Å²) < 4.78 is 10.5. The van der Waals surface area contributed by atoms with Gasteiger partial charge in [0, 0.05) is 17.3 Å². The maximum absolute atomic E-state index is 6.02. The van der Waals surface area contributed by atoms with Crippen molar-refractivity contribution in [2.24, 2.45) is 0 Å². The fourth-order valence-electron chi connectivity index (χ4n) is 1.88. The number of hydrogen-bond acceptors (Lipinski definition) is 3. The summed E-state index contributed by atoms with van der Waals surface area (Å²) in [4.78, 5) is 0. The maximum Gasteiger partial charge on any atom is 0.123 e. The number of nitrogens with two attached hydrogens (primary N) is 1. The molecular weight excluding hydrogens is 226 g/mol. The van der Waals surface area contributed by atoms with Crippen molar-refractivity contribution in [3.63, 3.8) is 0 Å². The number of hydrogen-bond donors (Lipinski definition) is 1. The molecule has 0 aliphatic heterocycles. The van der Waals surface area contributed by atoms with Gasteiger partial charge in [-0.05, 0) is 36.8 Å². The van der Waals surface area contributed by atoms with E-state index in [1.807, 2.05) is 37.3 Å². The van der Waals surface area contributed by atoms with Gasteiger partial charge in [0.25, 0.3) is 0 Å². The largest absolute Gasteiger partial charge is 0.497 e. The van der Waals surface area contributed by atoms with Crippen LogP contribution in [0.4, 0.5) is 5.69 Å². The zero-order chi connectivity index (χ0) is 13.1. The highest BCUT2D eigenvalue weighted by Crippen LogP contribution is 2.33. The molecule has 3 heteroatoms. The van der Waals surface area contributed by atoms with Crippen molar-refractivity contribution >= 4 is 5.69 Å². The molecule has 0 amide bonds. The predicted molar refractivity (Wildman–Crippen MR) is 74.1 cm³/mol. The summed E-state index contributed by atoms with van der Waals surface area (Å²) in [5.41, 5.74) is 9.92. The molecule has 3 nitrogen and oxygen atoms in total. The number of methoxy groups -OCH3 is 2. The lowest BCUT2D eigenvalue weighted by Gasteiger charge is -2.11. The number of ether oxygens (including phenoxy) is 2. The Morgan fingerprint density at radius 1 is 0.889 bits per heavy atom. The molecule has 0 saturated carbocycles. The molecule has 2 aromatic carbocycles. The minimum atomic E-state index is 0.746. The van der Waals surface area contributed by atoms with E-state index in [4.69, 9.17) is 15.2 Å². The average Bonchev–Trinajstić information content (AvgIpc) is 2.40. The van der Waals surface area contributed by atoms with Crippen molar-refractivity contribution in [2.45, 2.75) is 6.92 Å². The van der Waals surface area contributed by atoms with Gasteiger partial charge in [-0.3, -0.25) is 0 Å². The first-order valence-corrected chi connectivity index (χ1v) is 5.73. The lowest BCUT2D eigenvalue weighted by molar-refractivity contribution is 0.394. The molecule has 0 heterocycles. The summed E-state index contributed by atoms with van der Waals surface area (Å²) in [7, 11) is 3.27. The normalized spacial score (nSPS) is 10.2. The van der Waals surface area contributed by atoms with Gasteiger partial charge in [-0.1, -0.05) is 11.6 Å². The van der Waals surface area contributed by atoms with E-state index in [2.05, 4.69) is 6.07 Å². The van der Waals surface area contributed by atoms with Gasteiger partial charge in [0.15, 0.2) is 0 Å². The number of aryl methyl sites for hydroxylation is 1. The molecule has 2 N–H and O–H groups in total. The van der Waals surface area contributed by atoms with Crippen LogP contribution >= 0.6 is 0 Å². The number of anilines is 1. The average molecular weight is 243 g/mol. The topological polar surface area (TPSA) is 44.5 Å². The van der Waals surface area contributed by atoms with Crippen molar-refractivity contribution in [3.05, 3.63) is 42.0 Å². The monoisotopic (exact) mass is 243 g/mol. The molecule has 0 atom stereocenters. The van der Waals surface area contributed by atoms with Crippen LogP contribution in [0.5, 0.6) is 11.5 Å². The van der Waals surface area contributed by atoms with Crippen molar-refractivity contribution in [2.75, 3.05) is 20.0 Å². The van der Waals surface area contributed by atoms with Gasteiger partial charge >= 0.3 is 0 Å². The van der Waals surface area contributed by atoms with E-state index in [1.54, 1.807) is 14.2 Å². The van der Waals surface area contributed by atoms with Gasteiger partial charge in [0.05, 0.1) is 14.2 Å². The van der Waals surface area contributed by atoms with E-state index in [-0.39, 0.29) is 0 Å². The quantitative estimate of drug-likeness (QED) is 0.841. The maximum atomic E-state index is 6.02. The minimum Gasteiger partial charge on any atom is -0.497 e. The Bertz CT molecular complexity index is 542. The van der Waals surface area contributed by atoms with Gasteiger partial charge in [-0.2, -0.15) is 0 Å². The summed E-state index contributed by atoms with van der Waals surface area (Å²) in [6, 6.07) is 11.7. The van der Waals surface area contributed by atoms with E-state index >= 15 is 0 Å². The first-order chi connectivity index (χ1) is 8.63. The highest BCUT2D eigenvalue weighted by Gasteiger charge is 2.07. The van der Waals surface area contributed by atoms with Crippen LogP contribution in [0, 0.1) is 6.92 Å². The Hall–Kier alpha value is -2.16. The molecule has 2 aromatic rings. The summed E-state index contributed by atoms with van der Waals surface area (Å²) in [6.07, 6.45) is 0. The third-order valence-corrected chi connectivity index (χ3v) is 2.87. The number of benzene rings is 2. The van der Waals surface area contributed by atoms with Crippen LogP contribution in [-0.4, -0.2) is 14.2 Å². The molecule has 0 fully saturated rings. The zero-order valence-corrected chi connectivity index (χ0v) is 10.9. The van der Waals surface area contributed by atoms with Crippen molar-refractivity contribution in [1.29, 1.82) is 0 Å². The molecule has 0 saturated heterocycles. The second-order valence-electron chi connectivity index (χ2n) is 4.19. The highest BCUT2D eigenvalue weighted by atomic mass is 16.5. The van der Waals surface area contributed by atoms with Crippen LogP contribution in [0.1, 0.15) is 5.56 Å². The van der Waals surface area contributed by atoms with E-state index in [0.29, 0.717) is 0 Å². The third-order valence-electron chi connectivity index (χ3n) is 2.87. The standard InChI is InChI=1S/C15H17NO2/c1-10-4-5-15(16)14(6-10)11-7-12(17-2)9-13(8-11)18-3/h4-9H,16H2,1-3H3. The SMILES string of the molecule is COc1cc(OC)cc(-c2cc(C)ccc2N)c1. The molecule has 0 unspecified atom stereocenters. The first kappa shape index (κ1) is 12.3. The Labute approximate surface area is 107 Å². The molecule has 94 valence electrons. The second kappa shape index (κ2) is 5.00. The third kappa shape index (κ3) is 2.40. The van der Waals surface area contributed by atoms with E-state index in [9.17, 15) is 0 Å². The van der Waals surface area contributed by atoms with Crippen LogP contribution in [0.2, 0.25) is 0 Å². The lowest BCUT2D eigenvalue weighted by atomic mass is 10.0. The van der Waals surface area contributed by atoms with E-state index < -0.39 is 0 Å². The van der Waals surface area contributed by atoms with Gasteiger partial charge in [0.2, 0.25) is 0 Å².